The van der Waals surface area contributed by atoms with E-state index in [1.165, 1.54) is 11.3 Å². The summed E-state index contributed by atoms with van der Waals surface area (Å²) >= 11 is 1.34. The van der Waals surface area contributed by atoms with Crippen LogP contribution in [-0.4, -0.2) is 16.0 Å². The van der Waals surface area contributed by atoms with Crippen LogP contribution in [0.5, 0.6) is 5.75 Å². The summed E-state index contributed by atoms with van der Waals surface area (Å²) in [6, 6.07) is 5.11. The first-order valence-corrected chi connectivity index (χ1v) is 6.49. The quantitative estimate of drug-likeness (QED) is 0.892. The fourth-order valence-electron chi connectivity index (χ4n) is 1.55. The van der Waals surface area contributed by atoms with Gasteiger partial charge in [-0.1, -0.05) is 19.9 Å². The van der Waals surface area contributed by atoms with E-state index in [0.717, 1.165) is 5.56 Å². The van der Waals surface area contributed by atoms with Crippen LogP contribution in [0.2, 0.25) is 0 Å². The van der Waals surface area contributed by atoms with Crippen molar-refractivity contribution < 1.29 is 9.90 Å². The van der Waals surface area contributed by atoms with Gasteiger partial charge in [0, 0.05) is 11.6 Å². The molecule has 94 valence electrons. The highest BCUT2D eigenvalue weighted by molar-refractivity contribution is 7.13. The van der Waals surface area contributed by atoms with Gasteiger partial charge in [-0.2, -0.15) is 0 Å². The normalized spacial score (nSPS) is 10.6. The summed E-state index contributed by atoms with van der Waals surface area (Å²) in [4.78, 5) is 15.9. The molecule has 0 atom stereocenters. The molecule has 2 aromatic rings. The van der Waals surface area contributed by atoms with Crippen molar-refractivity contribution in [1.29, 1.82) is 0 Å². The molecule has 1 heterocycles. The molecule has 0 saturated heterocycles. The molecule has 0 aliphatic carbocycles. The molecular formula is C13H14N2O2S. The van der Waals surface area contributed by atoms with E-state index >= 15 is 0 Å². The summed E-state index contributed by atoms with van der Waals surface area (Å²) < 4.78 is 0. The van der Waals surface area contributed by atoms with Crippen molar-refractivity contribution in [2.24, 2.45) is 0 Å². The number of hydrogen-bond donors (Lipinski definition) is 2. The van der Waals surface area contributed by atoms with Crippen LogP contribution in [0.25, 0.3) is 0 Å². The minimum atomic E-state index is -0.349. The van der Waals surface area contributed by atoms with Gasteiger partial charge in [0.15, 0.2) is 5.13 Å². The molecule has 1 amide bonds. The van der Waals surface area contributed by atoms with Gasteiger partial charge < -0.3 is 5.11 Å². The average Bonchev–Trinajstić information content (AvgIpc) is 2.81. The third-order valence-corrected chi connectivity index (χ3v) is 3.27. The zero-order valence-electron chi connectivity index (χ0n) is 10.2. The Morgan fingerprint density at radius 3 is 2.78 bits per heavy atom. The number of thiazole rings is 1. The standard InChI is InChI=1S/C13H14N2O2S/c1-8(2)9-3-4-10(11(16)7-9)12(17)15-13-14-5-6-18-13/h3-8,16H,1-2H3,(H,14,15,17). The van der Waals surface area contributed by atoms with E-state index in [1.54, 1.807) is 23.7 Å². The van der Waals surface area contributed by atoms with Gasteiger partial charge in [-0.3, -0.25) is 10.1 Å². The van der Waals surface area contributed by atoms with Crippen molar-refractivity contribution >= 4 is 22.4 Å². The van der Waals surface area contributed by atoms with Crippen LogP contribution < -0.4 is 5.32 Å². The summed E-state index contributed by atoms with van der Waals surface area (Å²) in [5.41, 5.74) is 1.26. The largest absolute Gasteiger partial charge is 0.507 e. The molecule has 2 N–H and O–H groups in total. The molecule has 0 unspecified atom stereocenters. The predicted octanol–water partition coefficient (Wildman–Crippen LogP) is 3.22. The number of nitrogens with one attached hydrogen (secondary N) is 1. The summed E-state index contributed by atoms with van der Waals surface area (Å²) in [7, 11) is 0. The first kappa shape index (κ1) is 12.6. The maximum atomic E-state index is 11.9. The zero-order chi connectivity index (χ0) is 13.1. The van der Waals surface area contributed by atoms with Gasteiger partial charge in [-0.25, -0.2) is 4.98 Å². The van der Waals surface area contributed by atoms with Gasteiger partial charge in [0.05, 0.1) is 5.56 Å². The molecule has 0 saturated carbocycles. The monoisotopic (exact) mass is 262 g/mol. The molecule has 0 bridgehead atoms. The molecule has 18 heavy (non-hydrogen) atoms. The SMILES string of the molecule is CC(C)c1ccc(C(=O)Nc2nccs2)c(O)c1. The minimum Gasteiger partial charge on any atom is -0.507 e. The number of amides is 1. The zero-order valence-corrected chi connectivity index (χ0v) is 11.0. The Hall–Kier alpha value is -1.88. The van der Waals surface area contributed by atoms with E-state index in [2.05, 4.69) is 10.3 Å². The Bertz CT molecular complexity index is 550. The van der Waals surface area contributed by atoms with E-state index < -0.39 is 0 Å². The molecule has 2 rings (SSSR count). The number of benzene rings is 1. The van der Waals surface area contributed by atoms with E-state index in [4.69, 9.17) is 0 Å². The lowest BCUT2D eigenvalue weighted by Gasteiger charge is -2.09. The van der Waals surface area contributed by atoms with E-state index in [1.807, 2.05) is 19.9 Å². The number of hydrogen-bond acceptors (Lipinski definition) is 4. The van der Waals surface area contributed by atoms with Crippen molar-refractivity contribution in [3.05, 3.63) is 40.9 Å². The van der Waals surface area contributed by atoms with Gasteiger partial charge in [0.1, 0.15) is 5.75 Å². The molecule has 0 spiro atoms. The molecule has 0 aliphatic rings. The Kier molecular flexibility index (Phi) is 3.62. The molecule has 0 fully saturated rings. The second-order valence-corrected chi connectivity index (χ2v) is 5.12. The molecule has 1 aromatic heterocycles. The van der Waals surface area contributed by atoms with E-state index in [-0.39, 0.29) is 17.2 Å². The molecule has 1 aromatic carbocycles. The fraction of sp³-hybridized carbons (Fsp3) is 0.231. The maximum absolute atomic E-state index is 11.9. The minimum absolute atomic E-state index is 0.00439. The smallest absolute Gasteiger partial charge is 0.261 e. The number of rotatable bonds is 3. The van der Waals surface area contributed by atoms with Crippen LogP contribution >= 0.6 is 11.3 Å². The number of nitrogens with zero attached hydrogens (tertiary/aromatic N) is 1. The predicted molar refractivity (Wildman–Crippen MR) is 72.3 cm³/mol. The van der Waals surface area contributed by atoms with Crippen LogP contribution in [0, 0.1) is 0 Å². The molecular weight excluding hydrogens is 248 g/mol. The highest BCUT2D eigenvalue weighted by Gasteiger charge is 2.13. The van der Waals surface area contributed by atoms with Crippen LogP contribution in [-0.2, 0) is 0 Å². The number of aromatic hydroxyl groups is 1. The molecule has 4 nitrogen and oxygen atoms in total. The summed E-state index contributed by atoms with van der Waals surface area (Å²) in [6.45, 7) is 4.06. The first-order chi connectivity index (χ1) is 8.58. The first-order valence-electron chi connectivity index (χ1n) is 5.61. The van der Waals surface area contributed by atoms with Crippen molar-refractivity contribution in [3.63, 3.8) is 0 Å². The third kappa shape index (κ3) is 2.68. The van der Waals surface area contributed by atoms with Gasteiger partial charge >= 0.3 is 0 Å². The van der Waals surface area contributed by atoms with Crippen LogP contribution in [0.3, 0.4) is 0 Å². The highest BCUT2D eigenvalue weighted by Crippen LogP contribution is 2.24. The summed E-state index contributed by atoms with van der Waals surface area (Å²) in [5.74, 6) is -0.0417. The van der Waals surface area contributed by atoms with Gasteiger partial charge in [-0.15, -0.1) is 11.3 Å². The number of phenols is 1. The number of carbonyl (C=O) groups is 1. The van der Waals surface area contributed by atoms with Crippen molar-refractivity contribution in [2.45, 2.75) is 19.8 Å². The lowest BCUT2D eigenvalue weighted by atomic mass is 10.0. The Labute approximate surface area is 109 Å². The number of phenolic OH excluding ortho intramolecular Hbond substituents is 1. The third-order valence-electron chi connectivity index (χ3n) is 2.59. The molecule has 5 heteroatoms. The second kappa shape index (κ2) is 5.18. The second-order valence-electron chi connectivity index (χ2n) is 4.22. The topological polar surface area (TPSA) is 62.2 Å². The van der Waals surface area contributed by atoms with Gasteiger partial charge in [0.2, 0.25) is 0 Å². The lowest BCUT2D eigenvalue weighted by Crippen LogP contribution is -2.12. The van der Waals surface area contributed by atoms with Crippen LogP contribution in [0.4, 0.5) is 5.13 Å². The van der Waals surface area contributed by atoms with Gasteiger partial charge in [0.25, 0.3) is 5.91 Å². The van der Waals surface area contributed by atoms with E-state index in [9.17, 15) is 9.90 Å². The highest BCUT2D eigenvalue weighted by atomic mass is 32.1. The number of carbonyl (C=O) groups excluding carboxylic acids is 1. The fourth-order valence-corrected chi connectivity index (χ4v) is 2.07. The summed E-state index contributed by atoms with van der Waals surface area (Å²) in [6.07, 6.45) is 1.61. The van der Waals surface area contributed by atoms with Crippen LogP contribution in [0.1, 0.15) is 35.7 Å². The summed E-state index contributed by atoms with van der Waals surface area (Å²) in [5, 5.41) is 14.8. The Balaban J connectivity index is 2.20. The van der Waals surface area contributed by atoms with Crippen molar-refractivity contribution in [1.82, 2.24) is 4.98 Å². The van der Waals surface area contributed by atoms with Crippen LogP contribution in [0.15, 0.2) is 29.8 Å². The van der Waals surface area contributed by atoms with Crippen molar-refractivity contribution in [2.75, 3.05) is 5.32 Å². The Morgan fingerprint density at radius 2 is 2.22 bits per heavy atom. The number of anilines is 1. The average molecular weight is 262 g/mol. The number of aromatic nitrogens is 1. The van der Waals surface area contributed by atoms with Gasteiger partial charge in [-0.05, 0) is 23.6 Å². The lowest BCUT2D eigenvalue weighted by molar-refractivity contribution is 0.102. The van der Waals surface area contributed by atoms with Crippen molar-refractivity contribution in [3.8, 4) is 5.75 Å². The molecule has 0 radical (unpaired) electrons. The maximum Gasteiger partial charge on any atom is 0.261 e. The Morgan fingerprint density at radius 1 is 1.44 bits per heavy atom. The van der Waals surface area contributed by atoms with E-state index in [0.29, 0.717) is 11.0 Å². The molecule has 0 aliphatic heterocycles.